The molecule has 1 atom stereocenters. The third-order valence-electron chi connectivity index (χ3n) is 1.72. The molecule has 1 rings (SSSR count). The Morgan fingerprint density at radius 1 is 1.40 bits per heavy atom. The molecule has 0 saturated heterocycles. The Morgan fingerprint density at radius 2 is 1.87 bits per heavy atom. The SMILES string of the molecule is CN(C)CC(O)c1ccccc1.[B]C#N. The van der Waals surface area contributed by atoms with Crippen molar-refractivity contribution in [1.29, 1.82) is 5.26 Å². The molecule has 78 valence electrons. The van der Waals surface area contributed by atoms with E-state index in [-0.39, 0.29) is 6.10 Å². The van der Waals surface area contributed by atoms with Gasteiger partial charge in [-0.3, -0.25) is 0 Å². The Kier molecular flexibility index (Phi) is 7.34. The maximum atomic E-state index is 9.65. The number of likely N-dealkylation sites (N-methyl/N-ethyl adjacent to an activating group) is 1. The highest BCUT2D eigenvalue weighted by atomic mass is 16.3. The van der Waals surface area contributed by atoms with Crippen molar-refractivity contribution in [2.45, 2.75) is 6.10 Å². The van der Waals surface area contributed by atoms with Crippen molar-refractivity contribution in [3.8, 4) is 5.97 Å². The highest BCUT2D eigenvalue weighted by Gasteiger charge is 2.06. The van der Waals surface area contributed by atoms with Crippen LogP contribution >= 0.6 is 0 Å². The zero-order valence-electron chi connectivity index (χ0n) is 9.09. The fourth-order valence-corrected chi connectivity index (χ4v) is 1.13. The molecule has 0 fully saturated rings. The van der Waals surface area contributed by atoms with Crippen molar-refractivity contribution in [1.82, 2.24) is 4.90 Å². The van der Waals surface area contributed by atoms with Crippen molar-refractivity contribution in [2.24, 2.45) is 0 Å². The van der Waals surface area contributed by atoms with E-state index in [9.17, 15) is 5.11 Å². The summed E-state index contributed by atoms with van der Waals surface area (Å²) >= 11 is 0. The maximum Gasteiger partial charge on any atom is 0.229 e. The van der Waals surface area contributed by atoms with Gasteiger partial charge in [0.05, 0.1) is 6.10 Å². The van der Waals surface area contributed by atoms with Gasteiger partial charge in [0.25, 0.3) is 0 Å². The molecule has 0 aliphatic carbocycles. The number of aliphatic hydroxyl groups is 1. The molecule has 0 heterocycles. The van der Waals surface area contributed by atoms with Crippen LogP contribution in [0, 0.1) is 11.2 Å². The maximum absolute atomic E-state index is 9.65. The molecule has 2 radical (unpaired) electrons. The Hall–Kier alpha value is -1.31. The second-order valence-corrected chi connectivity index (χ2v) is 3.32. The van der Waals surface area contributed by atoms with Gasteiger partial charge in [-0.1, -0.05) is 30.3 Å². The summed E-state index contributed by atoms with van der Waals surface area (Å²) in [4.78, 5) is 1.97. The number of rotatable bonds is 3. The number of hydrogen-bond donors (Lipinski definition) is 1. The van der Waals surface area contributed by atoms with E-state index in [2.05, 4.69) is 7.85 Å². The predicted octanol–water partition coefficient (Wildman–Crippen LogP) is 0.918. The van der Waals surface area contributed by atoms with Crippen LogP contribution in [0.3, 0.4) is 0 Å². The summed E-state index contributed by atoms with van der Waals surface area (Å²) in [6.07, 6.45) is -0.374. The molecule has 0 saturated carbocycles. The molecule has 1 unspecified atom stereocenters. The summed E-state index contributed by atoms with van der Waals surface area (Å²) in [5.74, 6) is 1.25. The van der Waals surface area contributed by atoms with Crippen LogP contribution in [-0.2, 0) is 0 Å². The number of nitrogens with zero attached hydrogens (tertiary/aromatic N) is 2. The minimum absolute atomic E-state index is 0.374. The van der Waals surface area contributed by atoms with Gasteiger partial charge >= 0.3 is 0 Å². The van der Waals surface area contributed by atoms with Gasteiger partial charge in [-0.2, -0.15) is 0 Å². The van der Waals surface area contributed by atoms with E-state index in [1.165, 1.54) is 5.97 Å². The molecule has 0 amide bonds. The van der Waals surface area contributed by atoms with Gasteiger partial charge < -0.3 is 10.0 Å². The molecule has 0 spiro atoms. The lowest BCUT2D eigenvalue weighted by atomic mass is 10.1. The number of aliphatic hydroxyl groups excluding tert-OH is 1. The van der Waals surface area contributed by atoms with Gasteiger partial charge in [-0.15, -0.1) is 0 Å². The van der Waals surface area contributed by atoms with Crippen molar-refractivity contribution in [3.63, 3.8) is 0 Å². The molecule has 0 aromatic heterocycles. The highest BCUT2D eigenvalue weighted by Crippen LogP contribution is 2.11. The topological polar surface area (TPSA) is 47.3 Å². The van der Waals surface area contributed by atoms with Crippen LogP contribution in [0.15, 0.2) is 30.3 Å². The second-order valence-electron chi connectivity index (χ2n) is 3.32. The molecule has 0 aliphatic rings. The molecule has 1 aromatic rings. The summed E-state index contributed by atoms with van der Waals surface area (Å²) in [5.41, 5.74) is 0.978. The third-order valence-corrected chi connectivity index (χ3v) is 1.72. The molecule has 3 nitrogen and oxygen atoms in total. The first kappa shape index (κ1) is 13.7. The molecule has 0 bridgehead atoms. The van der Waals surface area contributed by atoms with Gasteiger partial charge in [0.2, 0.25) is 7.85 Å². The molecular weight excluding hydrogens is 187 g/mol. The average molecular weight is 202 g/mol. The normalized spacial score (nSPS) is 11.1. The van der Waals surface area contributed by atoms with Crippen LogP contribution < -0.4 is 0 Å². The molecule has 15 heavy (non-hydrogen) atoms. The van der Waals surface area contributed by atoms with Crippen LogP contribution in [-0.4, -0.2) is 38.5 Å². The monoisotopic (exact) mass is 202 g/mol. The van der Waals surface area contributed by atoms with Crippen LogP contribution in [0.4, 0.5) is 0 Å². The second kappa shape index (κ2) is 8.04. The van der Waals surface area contributed by atoms with Crippen molar-refractivity contribution >= 4 is 7.85 Å². The van der Waals surface area contributed by atoms with Gasteiger partial charge in [0.15, 0.2) is 0 Å². The first-order chi connectivity index (χ1) is 7.11. The lowest BCUT2D eigenvalue weighted by molar-refractivity contribution is 0.138. The molecule has 1 aromatic carbocycles. The lowest BCUT2D eigenvalue weighted by Gasteiger charge is -2.15. The minimum atomic E-state index is -0.374. The van der Waals surface area contributed by atoms with Gasteiger partial charge in [0.1, 0.15) is 0 Å². The smallest absolute Gasteiger partial charge is 0.229 e. The first-order valence-corrected chi connectivity index (χ1v) is 4.59. The van der Waals surface area contributed by atoms with Crippen LogP contribution in [0.5, 0.6) is 0 Å². The lowest BCUT2D eigenvalue weighted by Crippen LogP contribution is -2.19. The van der Waals surface area contributed by atoms with Gasteiger partial charge in [0, 0.05) is 6.54 Å². The predicted molar refractivity (Wildman–Crippen MR) is 61.3 cm³/mol. The van der Waals surface area contributed by atoms with Gasteiger partial charge in [-0.05, 0) is 25.6 Å². The summed E-state index contributed by atoms with van der Waals surface area (Å²) in [6, 6.07) is 9.70. The zero-order valence-corrected chi connectivity index (χ0v) is 9.09. The Labute approximate surface area is 92.4 Å². The van der Waals surface area contributed by atoms with E-state index >= 15 is 0 Å². The summed E-state index contributed by atoms with van der Waals surface area (Å²) in [6.45, 7) is 0.671. The third kappa shape index (κ3) is 6.72. The largest absolute Gasteiger partial charge is 0.387 e. The fourth-order valence-electron chi connectivity index (χ4n) is 1.13. The van der Waals surface area contributed by atoms with Crippen molar-refractivity contribution in [2.75, 3.05) is 20.6 Å². The van der Waals surface area contributed by atoms with Gasteiger partial charge in [-0.25, -0.2) is 5.26 Å². The standard InChI is InChI=1S/C10H15NO.CBN/c1-11(2)8-10(12)9-6-4-3-5-7-9;2-1-3/h3-7,10,12H,8H2,1-2H3;. The van der Waals surface area contributed by atoms with E-state index < -0.39 is 0 Å². The van der Waals surface area contributed by atoms with Crippen molar-refractivity contribution in [3.05, 3.63) is 35.9 Å². The Bertz CT molecular complexity index is 295. The zero-order chi connectivity index (χ0) is 11.7. The summed E-state index contributed by atoms with van der Waals surface area (Å²) in [7, 11) is 8.05. The Balaban J connectivity index is 0.000000583. The van der Waals surface area contributed by atoms with Crippen molar-refractivity contribution < 1.29 is 5.11 Å². The number of hydrogen-bond acceptors (Lipinski definition) is 3. The van der Waals surface area contributed by atoms with E-state index in [4.69, 9.17) is 5.26 Å². The van der Waals surface area contributed by atoms with Crippen LogP contribution in [0.1, 0.15) is 11.7 Å². The van der Waals surface area contributed by atoms with E-state index in [0.717, 1.165) is 5.56 Å². The van der Waals surface area contributed by atoms with Crippen LogP contribution in [0.25, 0.3) is 0 Å². The summed E-state index contributed by atoms with van der Waals surface area (Å²) < 4.78 is 0. The molecule has 0 aliphatic heterocycles. The number of nitriles is 1. The molecular formula is C11H15BN2O. The first-order valence-electron chi connectivity index (χ1n) is 4.59. The Morgan fingerprint density at radius 3 is 2.27 bits per heavy atom. The fraction of sp³-hybridized carbons (Fsp3) is 0.364. The average Bonchev–Trinajstić information content (AvgIpc) is 2.19. The summed E-state index contributed by atoms with van der Waals surface area (Å²) in [5, 5.41) is 16.7. The highest BCUT2D eigenvalue weighted by molar-refractivity contribution is 6.20. The molecule has 1 N–H and O–H groups in total. The number of benzene rings is 1. The van der Waals surface area contributed by atoms with Crippen LogP contribution in [0.2, 0.25) is 0 Å². The van der Waals surface area contributed by atoms with E-state index in [1.807, 2.05) is 49.3 Å². The van der Waals surface area contributed by atoms with E-state index in [1.54, 1.807) is 0 Å². The van der Waals surface area contributed by atoms with E-state index in [0.29, 0.717) is 6.54 Å². The minimum Gasteiger partial charge on any atom is -0.387 e. The quantitative estimate of drug-likeness (QED) is 0.741. The molecule has 4 heteroatoms.